The predicted octanol–water partition coefficient (Wildman–Crippen LogP) is 1.58. The molecule has 0 amide bonds. The van der Waals surface area contributed by atoms with E-state index >= 15 is 0 Å². The fraction of sp³-hybridized carbons (Fsp3) is 1.00. The normalized spacial score (nSPS) is 12.8. The van der Waals surface area contributed by atoms with Gasteiger partial charge in [0.15, 0.2) is 6.29 Å². The van der Waals surface area contributed by atoms with Gasteiger partial charge in [-0.3, -0.25) is 0 Å². The quantitative estimate of drug-likeness (QED) is 0.381. The third kappa shape index (κ3) is 12.3. The highest BCUT2D eigenvalue weighted by molar-refractivity contribution is 4.43. The second-order valence-corrected chi connectivity index (χ2v) is 3.95. The van der Waals surface area contributed by atoms with Crippen LogP contribution in [0.4, 0.5) is 0 Å². The van der Waals surface area contributed by atoms with Crippen LogP contribution in [0.15, 0.2) is 0 Å². The van der Waals surface area contributed by atoms with Gasteiger partial charge in [0.2, 0.25) is 0 Å². The maximum Gasteiger partial charge on any atom is 0.180 e. The number of aliphatic hydroxyl groups excluding tert-OH is 1. The van der Waals surface area contributed by atoms with Crippen molar-refractivity contribution in [3.63, 3.8) is 0 Å². The van der Waals surface area contributed by atoms with E-state index in [1.807, 2.05) is 6.92 Å². The van der Waals surface area contributed by atoms with E-state index in [9.17, 15) is 0 Å². The van der Waals surface area contributed by atoms with Crippen molar-refractivity contribution in [1.82, 2.24) is 0 Å². The molecule has 1 unspecified atom stereocenters. The van der Waals surface area contributed by atoms with Crippen LogP contribution in [0.3, 0.4) is 0 Å². The Kier molecular flexibility index (Phi) is 14.7. The smallest absolute Gasteiger partial charge is 0.180 e. The lowest BCUT2D eigenvalue weighted by atomic mass is 10.2. The highest BCUT2D eigenvalue weighted by Crippen LogP contribution is 1.99. The summed E-state index contributed by atoms with van der Waals surface area (Å²) in [4.78, 5) is 0. The molecule has 0 bridgehead atoms. The lowest BCUT2D eigenvalue weighted by Crippen LogP contribution is -2.23. The Morgan fingerprint density at radius 2 is 1.67 bits per heavy atom. The largest absolute Gasteiger partial charge is 0.396 e. The Morgan fingerprint density at radius 3 is 2.33 bits per heavy atom. The summed E-state index contributed by atoms with van der Waals surface area (Å²) in [5, 5.41) is 8.60. The fourth-order valence-corrected chi connectivity index (χ4v) is 1.44. The number of rotatable bonds is 14. The molecule has 0 heterocycles. The molecule has 1 atom stereocenters. The van der Waals surface area contributed by atoms with Crippen LogP contribution in [-0.2, 0) is 18.9 Å². The van der Waals surface area contributed by atoms with Crippen molar-refractivity contribution in [3.8, 4) is 0 Å². The molecule has 0 saturated heterocycles. The van der Waals surface area contributed by atoms with Crippen molar-refractivity contribution in [2.45, 2.75) is 38.9 Å². The van der Waals surface area contributed by atoms with E-state index in [1.54, 1.807) is 7.11 Å². The van der Waals surface area contributed by atoms with Crippen LogP contribution in [-0.4, -0.2) is 58.1 Å². The molecular weight excluding hydrogens is 236 g/mol. The molecular formula is C13H28O5. The fourth-order valence-electron chi connectivity index (χ4n) is 1.44. The van der Waals surface area contributed by atoms with Gasteiger partial charge in [-0.2, -0.15) is 0 Å². The third-order valence-electron chi connectivity index (χ3n) is 2.44. The van der Waals surface area contributed by atoms with Crippen molar-refractivity contribution in [3.05, 3.63) is 0 Å². The van der Waals surface area contributed by atoms with Gasteiger partial charge in [0.25, 0.3) is 0 Å². The van der Waals surface area contributed by atoms with Crippen LogP contribution >= 0.6 is 0 Å². The van der Waals surface area contributed by atoms with Crippen LogP contribution in [0.1, 0.15) is 32.6 Å². The molecule has 0 rings (SSSR count). The summed E-state index contributed by atoms with van der Waals surface area (Å²) in [5.41, 5.74) is 0. The summed E-state index contributed by atoms with van der Waals surface area (Å²) in [6.07, 6.45) is 3.82. The number of ether oxygens (including phenoxy) is 4. The van der Waals surface area contributed by atoms with Gasteiger partial charge in [0.05, 0.1) is 19.8 Å². The first-order chi connectivity index (χ1) is 8.85. The van der Waals surface area contributed by atoms with Crippen molar-refractivity contribution in [1.29, 1.82) is 0 Å². The Labute approximate surface area is 110 Å². The molecule has 0 saturated carbocycles. The van der Waals surface area contributed by atoms with Crippen LogP contribution in [0.2, 0.25) is 0 Å². The minimum atomic E-state index is -0.284. The second-order valence-electron chi connectivity index (χ2n) is 3.95. The van der Waals surface area contributed by atoms with Gasteiger partial charge in [-0.15, -0.1) is 0 Å². The van der Waals surface area contributed by atoms with E-state index in [2.05, 4.69) is 0 Å². The Morgan fingerprint density at radius 1 is 0.944 bits per heavy atom. The van der Waals surface area contributed by atoms with Gasteiger partial charge in [-0.1, -0.05) is 12.8 Å². The standard InChI is InChI=1S/C13H28O5/c1-3-18-13(15-2)12-17-11-10-16-9-7-5-4-6-8-14/h13-14H,3-12H2,1-2H3. The molecule has 0 radical (unpaired) electrons. The first-order valence-corrected chi connectivity index (χ1v) is 6.75. The average Bonchev–Trinajstić information content (AvgIpc) is 2.39. The summed E-state index contributed by atoms with van der Waals surface area (Å²) in [6, 6.07) is 0. The van der Waals surface area contributed by atoms with Gasteiger partial charge < -0.3 is 24.1 Å². The molecule has 1 N–H and O–H groups in total. The van der Waals surface area contributed by atoms with E-state index in [4.69, 9.17) is 24.1 Å². The topological polar surface area (TPSA) is 57.2 Å². The van der Waals surface area contributed by atoms with E-state index in [1.165, 1.54) is 0 Å². The molecule has 5 nitrogen and oxygen atoms in total. The van der Waals surface area contributed by atoms with Gasteiger partial charge in [0, 0.05) is 26.9 Å². The van der Waals surface area contributed by atoms with E-state index in [0.717, 1.165) is 32.3 Å². The first kappa shape index (κ1) is 17.8. The number of hydrogen-bond donors (Lipinski definition) is 1. The lowest BCUT2D eigenvalue weighted by Gasteiger charge is -2.15. The Balaban J connectivity index is 3.10. The minimum Gasteiger partial charge on any atom is -0.396 e. The summed E-state index contributed by atoms with van der Waals surface area (Å²) >= 11 is 0. The number of methoxy groups -OCH3 is 1. The maximum atomic E-state index is 8.60. The Bertz CT molecular complexity index is 154. The zero-order chi connectivity index (χ0) is 13.5. The maximum absolute atomic E-state index is 8.60. The summed E-state index contributed by atoms with van der Waals surface area (Å²) in [5.74, 6) is 0. The molecule has 0 aliphatic heterocycles. The minimum absolute atomic E-state index is 0.284. The molecule has 0 aliphatic carbocycles. The molecule has 5 heteroatoms. The molecule has 0 aromatic heterocycles. The highest BCUT2D eigenvalue weighted by Gasteiger charge is 2.05. The summed E-state index contributed by atoms with van der Waals surface area (Å²) in [7, 11) is 1.60. The number of aliphatic hydroxyl groups is 1. The monoisotopic (exact) mass is 264 g/mol. The van der Waals surface area contributed by atoms with Crippen molar-refractivity contribution in [2.24, 2.45) is 0 Å². The predicted molar refractivity (Wildman–Crippen MR) is 69.6 cm³/mol. The molecule has 0 aromatic carbocycles. The van der Waals surface area contributed by atoms with Crippen LogP contribution in [0.25, 0.3) is 0 Å². The number of hydrogen-bond acceptors (Lipinski definition) is 5. The Hall–Kier alpha value is -0.200. The van der Waals surface area contributed by atoms with Gasteiger partial charge in [-0.25, -0.2) is 0 Å². The van der Waals surface area contributed by atoms with Crippen LogP contribution < -0.4 is 0 Å². The third-order valence-corrected chi connectivity index (χ3v) is 2.44. The number of unbranched alkanes of at least 4 members (excludes halogenated alkanes) is 3. The molecule has 0 spiro atoms. The molecule has 0 aliphatic rings. The second kappa shape index (κ2) is 14.9. The molecule has 0 fully saturated rings. The highest BCUT2D eigenvalue weighted by atomic mass is 16.7. The van der Waals surface area contributed by atoms with Crippen LogP contribution in [0.5, 0.6) is 0 Å². The van der Waals surface area contributed by atoms with E-state index in [0.29, 0.717) is 26.4 Å². The summed E-state index contributed by atoms with van der Waals surface area (Å²) in [6.45, 7) is 5.18. The van der Waals surface area contributed by atoms with Gasteiger partial charge in [-0.05, 0) is 19.8 Å². The van der Waals surface area contributed by atoms with Crippen molar-refractivity contribution >= 4 is 0 Å². The average molecular weight is 264 g/mol. The van der Waals surface area contributed by atoms with Crippen LogP contribution in [0, 0.1) is 0 Å². The van der Waals surface area contributed by atoms with Crippen molar-refractivity contribution in [2.75, 3.05) is 46.8 Å². The zero-order valence-corrected chi connectivity index (χ0v) is 11.7. The molecule has 110 valence electrons. The zero-order valence-electron chi connectivity index (χ0n) is 11.7. The van der Waals surface area contributed by atoms with Crippen molar-refractivity contribution < 1.29 is 24.1 Å². The van der Waals surface area contributed by atoms with E-state index < -0.39 is 0 Å². The van der Waals surface area contributed by atoms with Gasteiger partial charge >= 0.3 is 0 Å². The lowest BCUT2D eigenvalue weighted by molar-refractivity contribution is -0.156. The molecule has 0 aromatic rings. The molecule has 18 heavy (non-hydrogen) atoms. The summed E-state index contributed by atoms with van der Waals surface area (Å²) < 4.78 is 21.1. The van der Waals surface area contributed by atoms with Gasteiger partial charge in [0.1, 0.15) is 0 Å². The van der Waals surface area contributed by atoms with E-state index in [-0.39, 0.29) is 12.9 Å². The first-order valence-electron chi connectivity index (χ1n) is 6.75. The SMILES string of the molecule is CCOC(COCCOCCCCCCO)OC.